The number of rotatable bonds is 4. The Balaban J connectivity index is 3.11. The minimum Gasteiger partial charge on any atom is -0.382 e. The van der Waals surface area contributed by atoms with Gasteiger partial charge in [0.25, 0.3) is 0 Å². The highest BCUT2D eigenvalue weighted by Gasteiger charge is 2.34. The van der Waals surface area contributed by atoms with Crippen molar-refractivity contribution in [2.75, 3.05) is 19.0 Å². The summed E-state index contributed by atoms with van der Waals surface area (Å²) in [6.07, 6.45) is -4.55. The zero-order valence-corrected chi connectivity index (χ0v) is 12.2. The number of aliphatic imine (C=N–C) groups is 1. The Morgan fingerprint density at radius 1 is 1.48 bits per heavy atom. The smallest absolute Gasteiger partial charge is 0.382 e. The molecule has 0 aliphatic carbocycles. The van der Waals surface area contributed by atoms with Crippen LogP contribution >= 0.6 is 11.6 Å². The van der Waals surface area contributed by atoms with Crippen molar-refractivity contribution in [2.45, 2.75) is 19.1 Å². The lowest BCUT2D eigenvalue weighted by Gasteiger charge is -2.17. The Labute approximate surface area is 125 Å². The highest BCUT2D eigenvalue weighted by molar-refractivity contribution is 6.34. The van der Waals surface area contributed by atoms with Gasteiger partial charge in [0.15, 0.2) is 0 Å². The number of benzene rings is 1. The van der Waals surface area contributed by atoms with E-state index in [1.165, 1.54) is 19.2 Å². The molecule has 0 amide bonds. The van der Waals surface area contributed by atoms with Crippen LogP contribution in [0.2, 0.25) is 5.02 Å². The van der Waals surface area contributed by atoms with Gasteiger partial charge in [-0.1, -0.05) is 17.7 Å². The van der Waals surface area contributed by atoms with Crippen molar-refractivity contribution >= 4 is 23.2 Å². The quantitative estimate of drug-likeness (QED) is 0.344. The molecule has 1 atom stereocenters. The van der Waals surface area contributed by atoms with Crippen molar-refractivity contribution in [1.82, 2.24) is 5.43 Å². The lowest BCUT2D eigenvalue weighted by atomic mass is 10.1. The number of alkyl halides is 3. The van der Waals surface area contributed by atoms with Gasteiger partial charge in [-0.05, 0) is 19.1 Å². The SMILES string of the molecule is COCC(C)N=C(NN)Nc1c(Cl)cccc1C(F)(F)F. The van der Waals surface area contributed by atoms with Crippen molar-refractivity contribution in [2.24, 2.45) is 10.8 Å². The summed E-state index contributed by atoms with van der Waals surface area (Å²) < 4.78 is 43.8. The van der Waals surface area contributed by atoms with E-state index in [1.54, 1.807) is 6.92 Å². The molecule has 0 bridgehead atoms. The summed E-state index contributed by atoms with van der Waals surface area (Å²) in [6.45, 7) is 2.02. The minimum atomic E-state index is -4.55. The molecule has 0 aromatic heterocycles. The molecular formula is C12H16ClF3N4O. The zero-order valence-electron chi connectivity index (χ0n) is 11.5. The number of hydrazine groups is 1. The van der Waals surface area contributed by atoms with Gasteiger partial charge in [0.05, 0.1) is 28.9 Å². The first kappa shape index (κ1) is 17.5. The summed E-state index contributed by atoms with van der Waals surface area (Å²) in [4.78, 5) is 4.06. The Morgan fingerprint density at radius 2 is 2.14 bits per heavy atom. The van der Waals surface area contributed by atoms with Gasteiger partial charge in [0, 0.05) is 7.11 Å². The van der Waals surface area contributed by atoms with Gasteiger partial charge < -0.3 is 10.1 Å². The van der Waals surface area contributed by atoms with Gasteiger partial charge in [0.1, 0.15) is 0 Å². The molecule has 0 spiro atoms. The van der Waals surface area contributed by atoms with Gasteiger partial charge >= 0.3 is 6.18 Å². The Kier molecular flexibility index (Phi) is 6.25. The van der Waals surface area contributed by atoms with E-state index in [9.17, 15) is 13.2 Å². The van der Waals surface area contributed by atoms with Crippen molar-refractivity contribution in [3.63, 3.8) is 0 Å². The number of guanidine groups is 1. The molecular weight excluding hydrogens is 309 g/mol. The van der Waals surface area contributed by atoms with E-state index in [1.807, 2.05) is 0 Å². The number of anilines is 1. The lowest BCUT2D eigenvalue weighted by molar-refractivity contribution is -0.136. The van der Waals surface area contributed by atoms with Gasteiger partial charge in [-0.25, -0.2) is 10.8 Å². The van der Waals surface area contributed by atoms with Gasteiger partial charge in [-0.2, -0.15) is 13.2 Å². The predicted octanol–water partition coefficient (Wildman–Crippen LogP) is 2.62. The van der Waals surface area contributed by atoms with Crippen LogP contribution in [0.4, 0.5) is 18.9 Å². The second-order valence-electron chi connectivity index (χ2n) is 4.21. The summed E-state index contributed by atoms with van der Waals surface area (Å²) in [6, 6.07) is 3.17. The molecule has 4 N–H and O–H groups in total. The van der Waals surface area contributed by atoms with E-state index < -0.39 is 11.7 Å². The lowest BCUT2D eigenvalue weighted by Crippen LogP contribution is -2.38. The molecule has 5 nitrogen and oxygen atoms in total. The standard InChI is InChI=1S/C12H16ClF3N4O/c1-7(6-21-2)18-11(20-17)19-10-8(12(14,15)16)4-3-5-9(10)13/h3-5,7H,6,17H2,1-2H3,(H2,18,19,20). The average Bonchev–Trinajstić information content (AvgIpc) is 2.39. The summed E-state index contributed by atoms with van der Waals surface area (Å²) >= 11 is 5.82. The first-order chi connectivity index (χ1) is 9.79. The van der Waals surface area contributed by atoms with E-state index in [4.69, 9.17) is 22.2 Å². The van der Waals surface area contributed by atoms with Crippen molar-refractivity contribution < 1.29 is 17.9 Å². The third-order valence-electron chi connectivity index (χ3n) is 2.46. The van der Waals surface area contributed by atoms with Crippen LogP contribution in [0, 0.1) is 0 Å². The molecule has 0 aliphatic rings. The van der Waals surface area contributed by atoms with E-state index in [0.29, 0.717) is 6.61 Å². The highest BCUT2D eigenvalue weighted by atomic mass is 35.5. The van der Waals surface area contributed by atoms with E-state index >= 15 is 0 Å². The van der Waals surface area contributed by atoms with Gasteiger partial charge in [0.2, 0.25) is 5.96 Å². The number of ether oxygens (including phenoxy) is 1. The van der Waals surface area contributed by atoms with Crippen molar-refractivity contribution in [3.8, 4) is 0 Å². The topological polar surface area (TPSA) is 71.7 Å². The second kappa shape index (κ2) is 7.48. The number of hydrogen-bond donors (Lipinski definition) is 3. The fourth-order valence-corrected chi connectivity index (χ4v) is 1.83. The summed E-state index contributed by atoms with van der Waals surface area (Å²) in [5.41, 5.74) is 0.986. The number of nitrogens with one attached hydrogen (secondary N) is 2. The molecule has 0 aliphatic heterocycles. The first-order valence-electron chi connectivity index (χ1n) is 5.95. The van der Waals surface area contributed by atoms with Crippen LogP contribution in [0.3, 0.4) is 0 Å². The Morgan fingerprint density at radius 3 is 2.67 bits per heavy atom. The number of hydrogen-bond acceptors (Lipinski definition) is 3. The number of halogens is 4. The normalized spacial score (nSPS) is 14.0. The van der Waals surface area contributed by atoms with Gasteiger partial charge in [-0.15, -0.1) is 0 Å². The number of para-hydroxylation sites is 1. The molecule has 118 valence electrons. The molecule has 0 fully saturated rings. The molecule has 0 heterocycles. The molecule has 1 unspecified atom stereocenters. The number of nitrogens with zero attached hydrogens (tertiary/aromatic N) is 1. The largest absolute Gasteiger partial charge is 0.418 e. The first-order valence-corrected chi connectivity index (χ1v) is 6.33. The van der Waals surface area contributed by atoms with E-state index in [-0.39, 0.29) is 22.7 Å². The van der Waals surface area contributed by atoms with Crippen LogP contribution < -0.4 is 16.6 Å². The van der Waals surface area contributed by atoms with E-state index in [0.717, 1.165) is 6.07 Å². The third-order valence-corrected chi connectivity index (χ3v) is 2.77. The second-order valence-corrected chi connectivity index (χ2v) is 4.62. The summed E-state index contributed by atoms with van der Waals surface area (Å²) in [5.74, 6) is 5.22. The maximum absolute atomic E-state index is 13.0. The van der Waals surface area contributed by atoms with Crippen molar-refractivity contribution in [3.05, 3.63) is 28.8 Å². The monoisotopic (exact) mass is 324 g/mol. The Hall–Kier alpha value is -1.51. The molecule has 1 aromatic carbocycles. The van der Waals surface area contributed by atoms with Crippen LogP contribution in [-0.2, 0) is 10.9 Å². The molecule has 1 rings (SSSR count). The third kappa shape index (κ3) is 5.07. The molecule has 9 heteroatoms. The van der Waals surface area contributed by atoms with Crippen LogP contribution in [-0.4, -0.2) is 25.7 Å². The van der Waals surface area contributed by atoms with Crippen LogP contribution in [0.5, 0.6) is 0 Å². The molecule has 0 radical (unpaired) electrons. The molecule has 0 saturated carbocycles. The summed E-state index contributed by atoms with van der Waals surface area (Å²) in [7, 11) is 1.49. The fourth-order valence-electron chi connectivity index (χ4n) is 1.61. The minimum absolute atomic E-state index is 0.0434. The maximum Gasteiger partial charge on any atom is 0.418 e. The summed E-state index contributed by atoms with van der Waals surface area (Å²) in [5, 5.41) is 2.38. The zero-order chi connectivity index (χ0) is 16.0. The van der Waals surface area contributed by atoms with Crippen LogP contribution in [0.25, 0.3) is 0 Å². The fraction of sp³-hybridized carbons (Fsp3) is 0.417. The Bertz CT molecular complexity index is 508. The predicted molar refractivity (Wildman–Crippen MR) is 76.2 cm³/mol. The maximum atomic E-state index is 13.0. The van der Waals surface area contributed by atoms with Crippen molar-refractivity contribution in [1.29, 1.82) is 0 Å². The number of methoxy groups -OCH3 is 1. The van der Waals surface area contributed by atoms with Crippen LogP contribution in [0.1, 0.15) is 12.5 Å². The molecule has 0 saturated heterocycles. The number of nitrogens with two attached hydrogens (primary N) is 1. The molecule has 1 aromatic rings. The average molecular weight is 325 g/mol. The van der Waals surface area contributed by atoms with Gasteiger partial charge in [-0.3, -0.25) is 5.43 Å². The van der Waals surface area contributed by atoms with Crippen LogP contribution in [0.15, 0.2) is 23.2 Å². The van der Waals surface area contributed by atoms with E-state index in [2.05, 4.69) is 15.7 Å². The highest BCUT2D eigenvalue weighted by Crippen LogP contribution is 2.38. The molecule has 21 heavy (non-hydrogen) atoms.